The highest BCUT2D eigenvalue weighted by molar-refractivity contribution is 6.52. The van der Waals surface area contributed by atoms with E-state index in [9.17, 15) is 9.59 Å². The van der Waals surface area contributed by atoms with Gasteiger partial charge in [-0.3, -0.25) is 14.5 Å². The van der Waals surface area contributed by atoms with Gasteiger partial charge in [0.15, 0.2) is 5.82 Å². The Morgan fingerprint density at radius 3 is 2.57 bits per heavy atom. The molecule has 0 aliphatic carbocycles. The Morgan fingerprint density at radius 2 is 1.90 bits per heavy atom. The van der Waals surface area contributed by atoms with E-state index in [2.05, 4.69) is 10.1 Å². The second-order valence-electron chi connectivity index (χ2n) is 5.10. The lowest BCUT2D eigenvalue weighted by Gasteiger charge is -2.16. The third-order valence-electron chi connectivity index (χ3n) is 3.64. The van der Waals surface area contributed by atoms with Crippen molar-refractivity contribution in [2.24, 2.45) is 0 Å². The molecule has 6 heteroatoms. The third-order valence-corrected chi connectivity index (χ3v) is 3.64. The average Bonchev–Trinajstić information content (AvgIpc) is 3.02. The van der Waals surface area contributed by atoms with Crippen LogP contribution < -0.4 is 4.90 Å². The summed E-state index contributed by atoms with van der Waals surface area (Å²) in [5.41, 5.74) is 2.82. The van der Waals surface area contributed by atoms with Crippen molar-refractivity contribution in [3.63, 3.8) is 0 Å². The maximum absolute atomic E-state index is 12.2. The molecule has 1 aliphatic rings. The summed E-state index contributed by atoms with van der Waals surface area (Å²) >= 11 is 0. The van der Waals surface area contributed by atoms with Gasteiger partial charge in [0.1, 0.15) is 6.54 Å². The summed E-state index contributed by atoms with van der Waals surface area (Å²) in [4.78, 5) is 30.0. The fraction of sp³-hybridized carbons (Fsp3) is 0.333. The van der Waals surface area contributed by atoms with Gasteiger partial charge < -0.3 is 4.52 Å². The zero-order chi connectivity index (χ0) is 15.1. The van der Waals surface area contributed by atoms with Crippen LogP contribution >= 0.6 is 0 Å². The first-order valence-electron chi connectivity index (χ1n) is 6.80. The maximum atomic E-state index is 12.2. The SMILES string of the molecule is CCc1noc(CN2C(=O)C(=O)c3c(C)ccc(C)c32)n1. The summed E-state index contributed by atoms with van der Waals surface area (Å²) in [6, 6.07) is 3.75. The molecule has 0 radical (unpaired) electrons. The lowest BCUT2D eigenvalue weighted by molar-refractivity contribution is -0.114. The largest absolute Gasteiger partial charge is 0.337 e. The Hall–Kier alpha value is -2.50. The highest BCUT2D eigenvalue weighted by Gasteiger charge is 2.38. The van der Waals surface area contributed by atoms with Gasteiger partial charge in [-0.05, 0) is 25.0 Å². The molecule has 3 rings (SSSR count). The number of Topliss-reactive ketones (excluding diaryl/α,β-unsaturated/α-hetero) is 1. The number of aryl methyl sites for hydroxylation is 3. The molecule has 2 heterocycles. The summed E-state index contributed by atoms with van der Waals surface area (Å²) in [5, 5.41) is 3.81. The highest BCUT2D eigenvalue weighted by atomic mass is 16.5. The van der Waals surface area contributed by atoms with Crippen LogP contribution in [0.3, 0.4) is 0 Å². The molecule has 2 aromatic rings. The van der Waals surface area contributed by atoms with E-state index in [1.165, 1.54) is 4.90 Å². The van der Waals surface area contributed by atoms with Crippen LogP contribution in [0.4, 0.5) is 5.69 Å². The van der Waals surface area contributed by atoms with Crippen molar-refractivity contribution in [1.82, 2.24) is 10.1 Å². The molecule has 0 unspecified atom stereocenters. The van der Waals surface area contributed by atoms with E-state index in [1.807, 2.05) is 32.9 Å². The van der Waals surface area contributed by atoms with E-state index >= 15 is 0 Å². The van der Waals surface area contributed by atoms with E-state index < -0.39 is 11.7 Å². The summed E-state index contributed by atoms with van der Waals surface area (Å²) in [7, 11) is 0. The minimum absolute atomic E-state index is 0.120. The molecule has 6 nitrogen and oxygen atoms in total. The Morgan fingerprint density at radius 1 is 1.19 bits per heavy atom. The lowest BCUT2D eigenvalue weighted by atomic mass is 10.0. The molecular weight excluding hydrogens is 270 g/mol. The predicted octanol–water partition coefficient (Wildman–Crippen LogP) is 1.98. The van der Waals surface area contributed by atoms with Crippen LogP contribution in [-0.4, -0.2) is 21.8 Å². The van der Waals surface area contributed by atoms with E-state index in [0.717, 1.165) is 11.1 Å². The molecule has 0 saturated carbocycles. The van der Waals surface area contributed by atoms with Crippen LogP contribution in [-0.2, 0) is 17.8 Å². The van der Waals surface area contributed by atoms with Crippen LogP contribution in [0.1, 0.15) is 40.1 Å². The van der Waals surface area contributed by atoms with Crippen molar-refractivity contribution >= 4 is 17.4 Å². The van der Waals surface area contributed by atoms with Crippen LogP contribution in [0.2, 0.25) is 0 Å². The van der Waals surface area contributed by atoms with Crippen LogP contribution in [0.25, 0.3) is 0 Å². The van der Waals surface area contributed by atoms with E-state index in [4.69, 9.17) is 4.52 Å². The van der Waals surface area contributed by atoms with Crippen LogP contribution in [0.15, 0.2) is 16.7 Å². The average molecular weight is 285 g/mol. The number of nitrogens with zero attached hydrogens (tertiary/aromatic N) is 3. The molecule has 0 spiro atoms. The first-order chi connectivity index (χ1) is 10.0. The zero-order valence-electron chi connectivity index (χ0n) is 12.1. The van der Waals surface area contributed by atoms with Crippen LogP contribution in [0, 0.1) is 13.8 Å². The van der Waals surface area contributed by atoms with Crippen molar-refractivity contribution < 1.29 is 14.1 Å². The smallest absolute Gasteiger partial charge is 0.299 e. The van der Waals surface area contributed by atoms with E-state index in [-0.39, 0.29) is 6.54 Å². The normalized spacial score (nSPS) is 14.0. The van der Waals surface area contributed by atoms with Crippen molar-refractivity contribution in [1.29, 1.82) is 0 Å². The van der Waals surface area contributed by atoms with Crippen molar-refractivity contribution in [2.45, 2.75) is 33.7 Å². The van der Waals surface area contributed by atoms with Gasteiger partial charge in [-0.15, -0.1) is 0 Å². The fourth-order valence-electron chi connectivity index (χ4n) is 2.55. The number of carbonyl (C=O) groups excluding carboxylic acids is 2. The molecule has 108 valence electrons. The van der Waals surface area contributed by atoms with Gasteiger partial charge in [0, 0.05) is 6.42 Å². The topological polar surface area (TPSA) is 76.3 Å². The summed E-state index contributed by atoms with van der Waals surface area (Å²) < 4.78 is 5.12. The number of hydrogen-bond donors (Lipinski definition) is 0. The summed E-state index contributed by atoms with van der Waals surface area (Å²) in [6.07, 6.45) is 0.658. The second kappa shape index (κ2) is 4.80. The molecule has 1 aromatic carbocycles. The van der Waals surface area contributed by atoms with Crippen molar-refractivity contribution in [2.75, 3.05) is 4.90 Å². The molecule has 0 N–H and O–H groups in total. The molecule has 1 amide bonds. The number of hydrogen-bond acceptors (Lipinski definition) is 5. The molecule has 21 heavy (non-hydrogen) atoms. The van der Waals surface area contributed by atoms with Gasteiger partial charge in [-0.1, -0.05) is 24.2 Å². The molecule has 0 saturated heterocycles. The summed E-state index contributed by atoms with van der Waals surface area (Å²) in [6.45, 7) is 5.74. The second-order valence-corrected chi connectivity index (χ2v) is 5.10. The first-order valence-corrected chi connectivity index (χ1v) is 6.80. The maximum Gasteiger partial charge on any atom is 0.299 e. The standard InChI is InChI=1S/C15H15N3O3/c1-4-10-16-11(21-17-10)7-18-13-9(3)6-5-8(2)12(13)14(19)15(18)20/h5-6H,4,7H2,1-3H3. The van der Waals surface area contributed by atoms with Gasteiger partial charge in [0.25, 0.3) is 11.7 Å². The number of aromatic nitrogens is 2. The minimum atomic E-state index is -0.543. The molecule has 1 aromatic heterocycles. The quantitative estimate of drug-likeness (QED) is 0.806. The van der Waals surface area contributed by atoms with Crippen molar-refractivity contribution in [3.8, 4) is 0 Å². The van der Waals surface area contributed by atoms with E-state index in [0.29, 0.717) is 29.4 Å². The van der Waals surface area contributed by atoms with Gasteiger partial charge in [0.2, 0.25) is 5.89 Å². The monoisotopic (exact) mass is 285 g/mol. The number of fused-ring (bicyclic) bond motifs is 1. The van der Waals surface area contributed by atoms with Crippen LogP contribution in [0.5, 0.6) is 0 Å². The number of anilines is 1. The minimum Gasteiger partial charge on any atom is -0.337 e. The number of benzene rings is 1. The van der Waals surface area contributed by atoms with E-state index in [1.54, 1.807) is 0 Å². The van der Waals surface area contributed by atoms with Gasteiger partial charge in [-0.25, -0.2) is 0 Å². The zero-order valence-corrected chi connectivity index (χ0v) is 12.1. The Labute approximate surface area is 121 Å². The van der Waals surface area contributed by atoms with Gasteiger partial charge in [-0.2, -0.15) is 4.98 Å². The van der Waals surface area contributed by atoms with Crippen molar-refractivity contribution in [3.05, 3.63) is 40.5 Å². The Kier molecular flexibility index (Phi) is 3.08. The molecule has 0 bridgehead atoms. The molecule has 1 aliphatic heterocycles. The molecule has 0 atom stereocenters. The highest BCUT2D eigenvalue weighted by Crippen LogP contribution is 2.35. The number of amides is 1. The Bertz CT molecular complexity index is 749. The van der Waals surface area contributed by atoms with Gasteiger partial charge in [0.05, 0.1) is 11.3 Å². The predicted molar refractivity (Wildman–Crippen MR) is 75.1 cm³/mol. The number of ketones is 1. The third kappa shape index (κ3) is 2.03. The lowest BCUT2D eigenvalue weighted by Crippen LogP contribution is -2.29. The van der Waals surface area contributed by atoms with Gasteiger partial charge >= 0.3 is 0 Å². The fourth-order valence-corrected chi connectivity index (χ4v) is 2.55. The Balaban J connectivity index is 2.03. The molecule has 0 fully saturated rings. The summed E-state index contributed by atoms with van der Waals surface area (Å²) in [5.74, 6) is -0.0917. The number of rotatable bonds is 3. The molecular formula is C15H15N3O3. The number of carbonyl (C=O) groups is 2. The first kappa shape index (κ1) is 13.5.